The fraction of sp³-hybridized carbons (Fsp3) is 0.222. The summed E-state index contributed by atoms with van der Waals surface area (Å²) in [4.78, 5) is 17.2. The van der Waals surface area contributed by atoms with Gasteiger partial charge in [-0.1, -0.05) is 0 Å². The molecule has 0 aliphatic heterocycles. The highest BCUT2D eigenvalue weighted by molar-refractivity contribution is 5.85. The van der Waals surface area contributed by atoms with E-state index in [1.807, 2.05) is 13.8 Å². The lowest BCUT2D eigenvalue weighted by Crippen LogP contribution is -2.24. The third kappa shape index (κ3) is 2.82. The van der Waals surface area contributed by atoms with Gasteiger partial charge in [-0.15, -0.1) is 0 Å². The van der Waals surface area contributed by atoms with Gasteiger partial charge in [-0.25, -0.2) is 13.8 Å². The second kappa shape index (κ2) is 6.16. The van der Waals surface area contributed by atoms with Crippen molar-refractivity contribution in [2.24, 2.45) is 0 Å². The number of anilines is 2. The Morgan fingerprint density at radius 2 is 1.84 bits per heavy atom. The SMILES string of the molecule is CNc1cc2c(cn1)cc(-c1cc(N)c(F)cc1F)c(=O)n2C(C)C. The Hall–Kier alpha value is -2.96. The normalized spacial score (nSPS) is 11.3. The minimum absolute atomic E-state index is 0.0297. The van der Waals surface area contributed by atoms with Crippen molar-refractivity contribution in [1.29, 1.82) is 0 Å². The van der Waals surface area contributed by atoms with Crippen molar-refractivity contribution >= 4 is 22.4 Å². The Morgan fingerprint density at radius 1 is 1.12 bits per heavy atom. The molecule has 0 bridgehead atoms. The lowest BCUT2D eigenvalue weighted by Gasteiger charge is -2.17. The minimum atomic E-state index is -0.855. The Labute approximate surface area is 143 Å². The molecule has 25 heavy (non-hydrogen) atoms. The molecule has 0 atom stereocenters. The summed E-state index contributed by atoms with van der Waals surface area (Å²) in [6.45, 7) is 3.72. The molecule has 0 saturated heterocycles. The number of hydrogen-bond acceptors (Lipinski definition) is 4. The Bertz CT molecular complexity index is 1030. The number of nitrogen functional groups attached to an aromatic ring is 1. The zero-order valence-electron chi connectivity index (χ0n) is 14.1. The van der Waals surface area contributed by atoms with E-state index in [1.54, 1.807) is 29.9 Å². The van der Waals surface area contributed by atoms with E-state index in [1.165, 1.54) is 0 Å². The largest absolute Gasteiger partial charge is 0.396 e. The summed E-state index contributed by atoms with van der Waals surface area (Å²) in [6, 6.07) is 4.99. The van der Waals surface area contributed by atoms with E-state index in [2.05, 4.69) is 10.3 Å². The topological polar surface area (TPSA) is 72.9 Å². The van der Waals surface area contributed by atoms with Gasteiger partial charge in [0.05, 0.1) is 16.8 Å². The van der Waals surface area contributed by atoms with Crippen LogP contribution < -0.4 is 16.6 Å². The van der Waals surface area contributed by atoms with E-state index in [-0.39, 0.29) is 28.4 Å². The molecule has 0 aliphatic rings. The molecule has 0 unspecified atom stereocenters. The number of nitrogens with one attached hydrogen (secondary N) is 1. The molecule has 3 N–H and O–H groups in total. The standard InChI is InChI=1S/C18H18F2N4O/c1-9(2)24-16-7-17(22-3)23-8-10(16)4-12(18(24)25)11-5-15(21)14(20)6-13(11)19/h4-9H,21H2,1-3H3,(H,22,23). The molecule has 2 heterocycles. The van der Waals surface area contributed by atoms with E-state index in [0.717, 1.165) is 6.07 Å². The summed E-state index contributed by atoms with van der Waals surface area (Å²) in [6.07, 6.45) is 1.60. The van der Waals surface area contributed by atoms with Crippen LogP contribution in [0.1, 0.15) is 19.9 Å². The van der Waals surface area contributed by atoms with Gasteiger partial charge < -0.3 is 15.6 Å². The van der Waals surface area contributed by atoms with E-state index in [4.69, 9.17) is 5.73 Å². The van der Waals surface area contributed by atoms with Crippen molar-refractivity contribution in [1.82, 2.24) is 9.55 Å². The highest BCUT2D eigenvalue weighted by Gasteiger charge is 2.18. The van der Waals surface area contributed by atoms with E-state index in [0.29, 0.717) is 22.8 Å². The number of nitrogens with zero attached hydrogens (tertiary/aromatic N) is 2. The molecule has 0 fully saturated rings. The van der Waals surface area contributed by atoms with Gasteiger partial charge in [-0.05, 0) is 26.0 Å². The number of benzene rings is 1. The van der Waals surface area contributed by atoms with E-state index < -0.39 is 11.6 Å². The van der Waals surface area contributed by atoms with Gasteiger partial charge in [0.1, 0.15) is 17.5 Å². The third-order valence-corrected chi connectivity index (χ3v) is 4.07. The highest BCUT2D eigenvalue weighted by Crippen LogP contribution is 2.28. The smallest absolute Gasteiger partial charge is 0.259 e. The van der Waals surface area contributed by atoms with Crippen LogP contribution in [0, 0.1) is 11.6 Å². The van der Waals surface area contributed by atoms with Crippen molar-refractivity contribution in [3.63, 3.8) is 0 Å². The van der Waals surface area contributed by atoms with Gasteiger partial charge in [-0.2, -0.15) is 0 Å². The summed E-state index contributed by atoms with van der Waals surface area (Å²) in [5.41, 5.74) is 5.73. The number of fused-ring (bicyclic) bond motifs is 1. The maximum absolute atomic E-state index is 14.3. The predicted molar refractivity (Wildman–Crippen MR) is 95.7 cm³/mol. The number of hydrogen-bond donors (Lipinski definition) is 2. The molecule has 1 aromatic carbocycles. The molecule has 0 amide bonds. The van der Waals surface area contributed by atoms with Crippen LogP contribution in [0.4, 0.5) is 20.3 Å². The van der Waals surface area contributed by atoms with E-state index in [9.17, 15) is 13.6 Å². The maximum Gasteiger partial charge on any atom is 0.259 e. The average molecular weight is 344 g/mol. The second-order valence-corrected chi connectivity index (χ2v) is 6.06. The zero-order chi connectivity index (χ0) is 18.3. The van der Waals surface area contributed by atoms with Gasteiger partial charge in [-0.3, -0.25) is 4.79 Å². The van der Waals surface area contributed by atoms with Crippen molar-refractivity contribution < 1.29 is 8.78 Å². The van der Waals surface area contributed by atoms with Gasteiger partial charge in [0.15, 0.2) is 0 Å². The van der Waals surface area contributed by atoms with Crippen LogP contribution >= 0.6 is 0 Å². The molecule has 130 valence electrons. The van der Waals surface area contributed by atoms with Crippen LogP contribution in [0.2, 0.25) is 0 Å². The summed E-state index contributed by atoms with van der Waals surface area (Å²) in [7, 11) is 1.73. The summed E-state index contributed by atoms with van der Waals surface area (Å²) in [5, 5.41) is 3.60. The number of pyridine rings is 2. The van der Waals surface area contributed by atoms with Crippen molar-refractivity contribution in [2.45, 2.75) is 19.9 Å². The molecule has 2 aromatic heterocycles. The number of aromatic nitrogens is 2. The summed E-state index contributed by atoms with van der Waals surface area (Å²) in [5.74, 6) is -1.07. The fourth-order valence-electron chi connectivity index (χ4n) is 2.85. The lowest BCUT2D eigenvalue weighted by molar-refractivity contribution is 0.585. The molecule has 5 nitrogen and oxygen atoms in total. The van der Waals surface area contributed by atoms with Crippen LogP contribution in [-0.2, 0) is 0 Å². The number of rotatable bonds is 3. The fourth-order valence-corrected chi connectivity index (χ4v) is 2.85. The third-order valence-electron chi connectivity index (χ3n) is 4.07. The van der Waals surface area contributed by atoms with Crippen LogP contribution in [-0.4, -0.2) is 16.6 Å². The van der Waals surface area contributed by atoms with E-state index >= 15 is 0 Å². The minimum Gasteiger partial charge on any atom is -0.396 e. The monoisotopic (exact) mass is 344 g/mol. The second-order valence-electron chi connectivity index (χ2n) is 6.06. The van der Waals surface area contributed by atoms with Crippen LogP contribution in [0.15, 0.2) is 35.3 Å². The molecular weight excluding hydrogens is 326 g/mol. The molecule has 7 heteroatoms. The van der Waals surface area contributed by atoms with Gasteiger partial charge >= 0.3 is 0 Å². The highest BCUT2D eigenvalue weighted by atomic mass is 19.1. The van der Waals surface area contributed by atoms with Gasteiger partial charge in [0, 0.05) is 42.4 Å². The summed E-state index contributed by atoms with van der Waals surface area (Å²) >= 11 is 0. The Balaban J connectivity index is 2.40. The first-order valence-corrected chi connectivity index (χ1v) is 7.81. The van der Waals surface area contributed by atoms with Crippen LogP contribution in [0.5, 0.6) is 0 Å². The Kier molecular flexibility index (Phi) is 4.16. The number of halogens is 2. The molecule has 3 aromatic rings. The lowest BCUT2D eigenvalue weighted by atomic mass is 10.0. The van der Waals surface area contributed by atoms with Crippen molar-refractivity contribution in [3.05, 3.63) is 52.5 Å². The first kappa shape index (κ1) is 16.9. The molecular formula is C18H18F2N4O. The van der Waals surface area contributed by atoms with Crippen LogP contribution in [0.3, 0.4) is 0 Å². The maximum atomic E-state index is 14.3. The van der Waals surface area contributed by atoms with Crippen molar-refractivity contribution in [3.8, 4) is 11.1 Å². The van der Waals surface area contributed by atoms with Gasteiger partial charge in [0.2, 0.25) is 0 Å². The predicted octanol–water partition coefficient (Wildman–Crippen LogP) is 3.55. The molecule has 0 aliphatic carbocycles. The Morgan fingerprint density at radius 3 is 2.48 bits per heavy atom. The molecule has 3 rings (SSSR count). The van der Waals surface area contributed by atoms with Crippen LogP contribution in [0.25, 0.3) is 22.0 Å². The number of nitrogens with two attached hydrogens (primary N) is 1. The molecule has 0 radical (unpaired) electrons. The summed E-state index contributed by atoms with van der Waals surface area (Å²) < 4.78 is 29.3. The average Bonchev–Trinajstić information content (AvgIpc) is 2.57. The van der Waals surface area contributed by atoms with Gasteiger partial charge in [0.25, 0.3) is 5.56 Å². The molecule has 0 saturated carbocycles. The first-order valence-electron chi connectivity index (χ1n) is 7.81. The van der Waals surface area contributed by atoms with Crippen molar-refractivity contribution in [2.75, 3.05) is 18.1 Å². The zero-order valence-corrected chi connectivity index (χ0v) is 14.1. The quantitative estimate of drug-likeness (QED) is 0.713. The molecule has 0 spiro atoms. The first-order chi connectivity index (χ1) is 11.8.